The number of guanidine groups is 1. The van der Waals surface area contributed by atoms with E-state index in [1.54, 1.807) is 0 Å². The van der Waals surface area contributed by atoms with Crippen LogP contribution in [-0.2, 0) is 20.9 Å². The third kappa shape index (κ3) is 8.19. The minimum Gasteiger partial charge on any atom is -0.480 e. The molecule has 9 heteroatoms. The van der Waals surface area contributed by atoms with E-state index in [0.717, 1.165) is 16.7 Å². The highest BCUT2D eigenvalue weighted by atomic mass is 16.4. The van der Waals surface area contributed by atoms with Crippen LogP contribution in [0.2, 0.25) is 0 Å². The van der Waals surface area contributed by atoms with Crippen molar-refractivity contribution < 1.29 is 19.5 Å². The average Bonchev–Trinajstić information content (AvgIpc) is 2.92. The number of carboxylic acids is 1. The number of rotatable bonds is 13. The van der Waals surface area contributed by atoms with Crippen LogP contribution < -0.4 is 16.8 Å². The molecule has 38 heavy (non-hydrogen) atoms. The summed E-state index contributed by atoms with van der Waals surface area (Å²) in [5.41, 5.74) is 13.3. The Morgan fingerprint density at radius 2 is 1.37 bits per heavy atom. The molecule has 3 aromatic carbocycles. The Labute approximate surface area is 222 Å². The van der Waals surface area contributed by atoms with E-state index in [2.05, 4.69) is 10.3 Å². The number of carbonyl (C=O) groups is 3. The molecule has 9 nitrogen and oxygen atoms in total. The van der Waals surface area contributed by atoms with Crippen molar-refractivity contribution in [3.8, 4) is 0 Å². The van der Waals surface area contributed by atoms with Crippen molar-refractivity contribution in [2.75, 3.05) is 13.1 Å². The largest absolute Gasteiger partial charge is 0.480 e. The predicted molar refractivity (Wildman–Crippen MR) is 146 cm³/mol. The highest BCUT2D eigenvalue weighted by molar-refractivity contribution is 5.93. The maximum Gasteiger partial charge on any atom is 0.322 e. The minimum atomic E-state index is -1.18. The Hall–Kier alpha value is -4.66. The van der Waals surface area contributed by atoms with Crippen molar-refractivity contribution in [2.45, 2.75) is 31.3 Å². The van der Waals surface area contributed by atoms with Gasteiger partial charge in [0.2, 0.25) is 11.8 Å². The van der Waals surface area contributed by atoms with Crippen LogP contribution in [-0.4, -0.2) is 52.9 Å². The Morgan fingerprint density at radius 1 is 0.842 bits per heavy atom. The summed E-state index contributed by atoms with van der Waals surface area (Å²) < 4.78 is 0. The van der Waals surface area contributed by atoms with Crippen LogP contribution in [0.4, 0.5) is 0 Å². The number of carboxylic acid groups (broad SMARTS) is 1. The molecular weight excluding hydrogens is 482 g/mol. The summed E-state index contributed by atoms with van der Waals surface area (Å²) in [4.78, 5) is 44.5. The lowest BCUT2D eigenvalue weighted by atomic mass is 9.89. The quantitative estimate of drug-likeness (QED) is 0.156. The molecule has 0 spiro atoms. The maximum absolute atomic E-state index is 14.4. The average molecular weight is 516 g/mol. The molecule has 0 aliphatic heterocycles. The molecule has 0 aromatic heterocycles. The van der Waals surface area contributed by atoms with Crippen LogP contribution in [0, 0.1) is 0 Å². The van der Waals surface area contributed by atoms with Crippen LogP contribution in [0.25, 0.3) is 0 Å². The molecule has 0 heterocycles. The standard InChI is InChI=1S/C29H33N5O4/c30-29(31)32-18-10-17-24(27(37)33-19-25(35)36)34(20-21-11-4-1-5-12-21)28(38)26(22-13-6-2-7-14-22)23-15-8-3-9-16-23/h1-9,11-16,24,26H,10,17-20H2,(H,33,37)(H,35,36)(H4,30,31,32)/t24-/m1/s1. The first kappa shape index (κ1) is 27.9. The van der Waals surface area contributed by atoms with E-state index in [-0.39, 0.29) is 31.4 Å². The summed E-state index contributed by atoms with van der Waals surface area (Å²) in [6, 6.07) is 27.2. The van der Waals surface area contributed by atoms with Crippen molar-refractivity contribution in [2.24, 2.45) is 16.5 Å². The number of nitrogens with zero attached hydrogens (tertiary/aromatic N) is 2. The SMILES string of the molecule is NC(N)=NCCC[C@H](C(=O)NCC(=O)O)N(Cc1ccccc1)C(=O)C(c1ccccc1)c1ccccc1. The van der Waals surface area contributed by atoms with Gasteiger partial charge in [-0.05, 0) is 29.5 Å². The number of nitrogens with two attached hydrogens (primary N) is 2. The van der Waals surface area contributed by atoms with Crippen LogP contribution in [0.5, 0.6) is 0 Å². The molecule has 6 N–H and O–H groups in total. The van der Waals surface area contributed by atoms with Crippen LogP contribution >= 0.6 is 0 Å². The lowest BCUT2D eigenvalue weighted by molar-refractivity contribution is -0.143. The first-order valence-electron chi connectivity index (χ1n) is 12.4. The van der Waals surface area contributed by atoms with Gasteiger partial charge in [0.15, 0.2) is 5.96 Å². The van der Waals surface area contributed by atoms with Gasteiger partial charge < -0.3 is 26.8 Å². The summed E-state index contributed by atoms with van der Waals surface area (Å²) >= 11 is 0. The first-order chi connectivity index (χ1) is 18.4. The van der Waals surface area contributed by atoms with Gasteiger partial charge in [-0.3, -0.25) is 19.4 Å². The van der Waals surface area contributed by atoms with Crippen molar-refractivity contribution in [1.29, 1.82) is 0 Å². The van der Waals surface area contributed by atoms with E-state index in [4.69, 9.17) is 16.6 Å². The normalized spacial score (nSPS) is 11.4. The molecular formula is C29H33N5O4. The second-order valence-electron chi connectivity index (χ2n) is 8.78. The molecule has 3 rings (SSSR count). The van der Waals surface area contributed by atoms with E-state index in [1.807, 2.05) is 91.0 Å². The molecule has 0 saturated carbocycles. The molecule has 0 aliphatic carbocycles. The zero-order chi connectivity index (χ0) is 27.3. The van der Waals surface area contributed by atoms with Gasteiger partial charge in [-0.1, -0.05) is 91.0 Å². The van der Waals surface area contributed by atoms with E-state index in [1.165, 1.54) is 4.90 Å². The van der Waals surface area contributed by atoms with Gasteiger partial charge in [0.05, 0.1) is 5.92 Å². The zero-order valence-corrected chi connectivity index (χ0v) is 21.1. The van der Waals surface area contributed by atoms with Gasteiger partial charge in [-0.2, -0.15) is 0 Å². The molecule has 0 fully saturated rings. The fourth-order valence-corrected chi connectivity index (χ4v) is 4.26. The van der Waals surface area contributed by atoms with E-state index < -0.39 is 30.4 Å². The molecule has 0 saturated heterocycles. The zero-order valence-electron chi connectivity index (χ0n) is 21.1. The Kier molecular flexibility index (Phi) is 10.4. The fourth-order valence-electron chi connectivity index (χ4n) is 4.26. The van der Waals surface area contributed by atoms with Crippen LogP contribution in [0.3, 0.4) is 0 Å². The smallest absolute Gasteiger partial charge is 0.322 e. The number of amides is 2. The highest BCUT2D eigenvalue weighted by Gasteiger charge is 2.35. The van der Waals surface area contributed by atoms with Gasteiger partial charge in [0.1, 0.15) is 12.6 Å². The number of aliphatic imine (C=N–C) groups is 1. The molecule has 0 bridgehead atoms. The summed E-state index contributed by atoms with van der Waals surface area (Å²) in [5.74, 6) is -2.74. The van der Waals surface area contributed by atoms with Crippen molar-refractivity contribution in [3.05, 3.63) is 108 Å². The number of hydrogen-bond acceptors (Lipinski definition) is 4. The summed E-state index contributed by atoms with van der Waals surface area (Å²) in [7, 11) is 0. The summed E-state index contributed by atoms with van der Waals surface area (Å²) in [5, 5.41) is 11.6. The topological polar surface area (TPSA) is 151 Å². The summed E-state index contributed by atoms with van der Waals surface area (Å²) in [6.07, 6.45) is 0.639. The van der Waals surface area contributed by atoms with Gasteiger partial charge in [0, 0.05) is 13.1 Å². The molecule has 3 aromatic rings. The highest BCUT2D eigenvalue weighted by Crippen LogP contribution is 2.29. The summed E-state index contributed by atoms with van der Waals surface area (Å²) in [6.45, 7) is -0.139. The number of benzene rings is 3. The molecule has 0 radical (unpaired) electrons. The Bertz CT molecular complexity index is 1180. The number of nitrogens with one attached hydrogen (secondary N) is 1. The fraction of sp³-hybridized carbons (Fsp3) is 0.241. The first-order valence-corrected chi connectivity index (χ1v) is 12.4. The number of hydrogen-bond donors (Lipinski definition) is 4. The molecule has 1 atom stereocenters. The van der Waals surface area contributed by atoms with Gasteiger partial charge >= 0.3 is 5.97 Å². The third-order valence-electron chi connectivity index (χ3n) is 6.01. The number of carbonyl (C=O) groups excluding carboxylic acids is 2. The second kappa shape index (κ2) is 14.2. The molecule has 0 unspecified atom stereocenters. The lowest BCUT2D eigenvalue weighted by Crippen LogP contribution is -2.51. The van der Waals surface area contributed by atoms with Crippen molar-refractivity contribution >= 4 is 23.7 Å². The number of aliphatic carboxylic acids is 1. The van der Waals surface area contributed by atoms with Gasteiger partial charge in [-0.15, -0.1) is 0 Å². The predicted octanol–water partition coefficient (Wildman–Crippen LogP) is 2.47. The molecule has 0 aliphatic rings. The van der Waals surface area contributed by atoms with Crippen LogP contribution in [0.15, 0.2) is 96.0 Å². The third-order valence-corrected chi connectivity index (χ3v) is 6.01. The molecule has 198 valence electrons. The lowest BCUT2D eigenvalue weighted by Gasteiger charge is -2.34. The second-order valence-corrected chi connectivity index (χ2v) is 8.78. The Morgan fingerprint density at radius 3 is 1.87 bits per heavy atom. The van der Waals surface area contributed by atoms with Gasteiger partial charge in [-0.25, -0.2) is 0 Å². The molecule has 2 amide bonds. The monoisotopic (exact) mass is 515 g/mol. The van der Waals surface area contributed by atoms with E-state index in [9.17, 15) is 14.4 Å². The minimum absolute atomic E-state index is 0.0673. The van der Waals surface area contributed by atoms with E-state index >= 15 is 0 Å². The van der Waals surface area contributed by atoms with E-state index in [0.29, 0.717) is 6.42 Å². The van der Waals surface area contributed by atoms with Crippen molar-refractivity contribution in [1.82, 2.24) is 10.2 Å². The van der Waals surface area contributed by atoms with Gasteiger partial charge in [0.25, 0.3) is 0 Å². The Balaban J connectivity index is 2.05. The van der Waals surface area contributed by atoms with Crippen LogP contribution in [0.1, 0.15) is 35.4 Å². The maximum atomic E-state index is 14.4. The van der Waals surface area contributed by atoms with Crippen molar-refractivity contribution in [3.63, 3.8) is 0 Å².